The van der Waals surface area contributed by atoms with Gasteiger partial charge in [0.05, 0.1) is 0 Å². The predicted octanol–water partition coefficient (Wildman–Crippen LogP) is 5.06. The molecule has 1 heterocycles. The Kier molecular flexibility index (Phi) is 3.59. The molecule has 0 unspecified atom stereocenters. The number of carbonyl (C=O) groups is 1. The Morgan fingerprint density at radius 3 is 2.38 bits per heavy atom. The van der Waals surface area contributed by atoms with Crippen LogP contribution in [0.1, 0.15) is 65.9 Å². The maximum Gasteiger partial charge on any atom is 0.161 e. The summed E-state index contributed by atoms with van der Waals surface area (Å²) in [6.07, 6.45) is 6.00. The first kappa shape index (κ1) is 15.2. The van der Waals surface area contributed by atoms with Crippen LogP contribution in [0.4, 0.5) is 20.3 Å². The van der Waals surface area contributed by atoms with Gasteiger partial charge < -0.3 is 5.32 Å². The molecule has 5 heteroatoms. The normalized spacial score (nSPS) is 21.5. The molecule has 3 nitrogen and oxygen atoms in total. The number of fused-ring (bicyclic) bond motifs is 2. The highest BCUT2D eigenvalue weighted by Gasteiger charge is 2.37. The highest BCUT2D eigenvalue weighted by molar-refractivity contribution is 5.96. The number of anilines is 2. The molecule has 3 aliphatic rings. The number of halogens is 2. The highest BCUT2D eigenvalue weighted by atomic mass is 19.2. The molecule has 0 saturated heterocycles. The van der Waals surface area contributed by atoms with Crippen LogP contribution in [0.15, 0.2) is 24.4 Å². The maximum absolute atomic E-state index is 13.5. The van der Waals surface area contributed by atoms with Crippen LogP contribution in [0.2, 0.25) is 0 Å². The molecule has 0 spiro atoms. The topological polar surface area (TPSA) is 42.0 Å². The lowest BCUT2D eigenvalue weighted by Crippen LogP contribution is -2.26. The molecule has 2 aromatic rings. The number of carbonyl (C=O) groups excluding carboxylic acids is 1. The second-order valence-electron chi connectivity index (χ2n) is 6.71. The Morgan fingerprint density at radius 2 is 1.75 bits per heavy atom. The molecule has 0 amide bonds. The van der Waals surface area contributed by atoms with Crippen LogP contribution in [-0.4, -0.2) is 10.8 Å². The van der Waals surface area contributed by atoms with Gasteiger partial charge in [-0.05, 0) is 62.1 Å². The average molecular weight is 328 g/mol. The van der Waals surface area contributed by atoms with Crippen molar-refractivity contribution < 1.29 is 13.6 Å². The molecular formula is C19H18F2N2O. The van der Waals surface area contributed by atoms with Crippen molar-refractivity contribution in [2.24, 2.45) is 0 Å². The number of rotatable bonds is 3. The third kappa shape index (κ3) is 2.39. The summed E-state index contributed by atoms with van der Waals surface area (Å²) in [5.41, 5.74) is 3.37. The molecule has 1 aromatic heterocycles. The molecule has 1 saturated carbocycles. The van der Waals surface area contributed by atoms with E-state index in [4.69, 9.17) is 0 Å². The molecule has 0 aliphatic heterocycles. The van der Waals surface area contributed by atoms with Crippen LogP contribution in [0.3, 0.4) is 0 Å². The summed E-state index contributed by atoms with van der Waals surface area (Å²) in [6.45, 7) is 1.57. The minimum Gasteiger partial charge on any atom is -0.340 e. The van der Waals surface area contributed by atoms with Crippen molar-refractivity contribution in [3.8, 4) is 0 Å². The van der Waals surface area contributed by atoms with Gasteiger partial charge in [-0.25, -0.2) is 13.8 Å². The Morgan fingerprint density at radius 1 is 1.08 bits per heavy atom. The van der Waals surface area contributed by atoms with E-state index in [1.807, 2.05) is 0 Å². The highest BCUT2D eigenvalue weighted by Crippen LogP contribution is 2.52. The van der Waals surface area contributed by atoms with Crippen molar-refractivity contribution >= 4 is 17.3 Å². The molecule has 2 bridgehead atoms. The summed E-state index contributed by atoms with van der Waals surface area (Å²) >= 11 is 0. The van der Waals surface area contributed by atoms with E-state index in [2.05, 4.69) is 10.3 Å². The largest absolute Gasteiger partial charge is 0.340 e. The molecule has 1 aromatic carbocycles. The zero-order chi connectivity index (χ0) is 16.8. The standard InChI is InChI=1S/C19H18F2N2O/c1-10(24)14-9-22-19(23-13-6-7-15(20)16(21)8-13)18-12-4-2-11(3-5-12)17(14)18/h6-9,11-12H,2-5H2,1H3,(H,22,23). The van der Waals surface area contributed by atoms with E-state index < -0.39 is 11.6 Å². The summed E-state index contributed by atoms with van der Waals surface area (Å²) < 4.78 is 26.6. The Balaban J connectivity index is 1.81. The fourth-order valence-electron chi connectivity index (χ4n) is 4.16. The molecule has 5 rings (SSSR count). The van der Waals surface area contributed by atoms with Crippen molar-refractivity contribution in [2.45, 2.75) is 44.4 Å². The summed E-state index contributed by atoms with van der Waals surface area (Å²) in [5, 5.41) is 3.12. The Hall–Kier alpha value is -2.30. The van der Waals surface area contributed by atoms with Crippen LogP contribution in [0.25, 0.3) is 0 Å². The van der Waals surface area contributed by atoms with Gasteiger partial charge in [-0.1, -0.05) is 0 Å². The monoisotopic (exact) mass is 328 g/mol. The van der Waals surface area contributed by atoms with Gasteiger partial charge in [0.15, 0.2) is 17.4 Å². The number of Topliss-reactive ketones (excluding diaryl/α,β-unsaturated/α-hetero) is 1. The van der Waals surface area contributed by atoms with Crippen LogP contribution in [0, 0.1) is 11.6 Å². The third-order valence-corrected chi connectivity index (χ3v) is 5.26. The summed E-state index contributed by atoms with van der Waals surface area (Å²) in [7, 11) is 0. The third-order valence-electron chi connectivity index (χ3n) is 5.26. The number of benzene rings is 1. The average Bonchev–Trinajstić information content (AvgIpc) is 2.59. The SMILES string of the molecule is CC(=O)c1cnc(Nc2ccc(F)c(F)c2)c2c1C1CCC2CC1. The first-order valence-electron chi connectivity index (χ1n) is 8.30. The molecule has 0 radical (unpaired) electrons. The van der Waals surface area contributed by atoms with Crippen LogP contribution < -0.4 is 5.32 Å². The van der Waals surface area contributed by atoms with E-state index in [1.165, 1.54) is 6.07 Å². The zero-order valence-corrected chi connectivity index (χ0v) is 13.4. The van der Waals surface area contributed by atoms with Gasteiger partial charge in [0.1, 0.15) is 5.82 Å². The summed E-state index contributed by atoms with van der Waals surface area (Å²) in [6, 6.07) is 3.72. The maximum atomic E-state index is 13.5. The van der Waals surface area contributed by atoms with Gasteiger partial charge >= 0.3 is 0 Å². The van der Waals surface area contributed by atoms with Crippen LogP contribution >= 0.6 is 0 Å². The van der Waals surface area contributed by atoms with Gasteiger partial charge in [-0.3, -0.25) is 4.79 Å². The number of hydrogen-bond donors (Lipinski definition) is 1. The van der Waals surface area contributed by atoms with Crippen molar-refractivity contribution in [3.05, 3.63) is 52.7 Å². The van der Waals surface area contributed by atoms with E-state index in [-0.39, 0.29) is 5.78 Å². The molecule has 124 valence electrons. The first-order chi connectivity index (χ1) is 11.5. The number of nitrogens with zero attached hydrogens (tertiary/aromatic N) is 1. The second kappa shape index (κ2) is 5.65. The molecule has 1 fully saturated rings. The van der Waals surface area contributed by atoms with Gasteiger partial charge in [0, 0.05) is 29.1 Å². The first-order valence-corrected chi connectivity index (χ1v) is 8.30. The minimum atomic E-state index is -0.893. The van der Waals surface area contributed by atoms with Crippen molar-refractivity contribution in [2.75, 3.05) is 5.32 Å². The minimum absolute atomic E-state index is 0.0330. The molecule has 3 aliphatic carbocycles. The van der Waals surface area contributed by atoms with E-state index in [1.54, 1.807) is 13.1 Å². The van der Waals surface area contributed by atoms with E-state index in [9.17, 15) is 13.6 Å². The van der Waals surface area contributed by atoms with Crippen LogP contribution in [0.5, 0.6) is 0 Å². The lowest BCUT2D eigenvalue weighted by molar-refractivity contribution is 0.101. The summed E-state index contributed by atoms with van der Waals surface area (Å²) in [5.74, 6) is -0.291. The van der Waals surface area contributed by atoms with Gasteiger partial charge in [-0.15, -0.1) is 0 Å². The lowest BCUT2D eigenvalue weighted by Gasteiger charge is -2.40. The fraction of sp³-hybridized carbons (Fsp3) is 0.368. The van der Waals surface area contributed by atoms with Crippen molar-refractivity contribution in [1.29, 1.82) is 0 Å². The quantitative estimate of drug-likeness (QED) is 0.801. The fourth-order valence-corrected chi connectivity index (χ4v) is 4.16. The van der Waals surface area contributed by atoms with Crippen molar-refractivity contribution in [1.82, 2.24) is 4.98 Å². The number of nitrogens with one attached hydrogen (secondary N) is 1. The van der Waals surface area contributed by atoms with Crippen LogP contribution in [-0.2, 0) is 0 Å². The van der Waals surface area contributed by atoms with E-state index in [0.29, 0.717) is 28.9 Å². The predicted molar refractivity (Wildman–Crippen MR) is 87.8 cm³/mol. The van der Waals surface area contributed by atoms with Gasteiger partial charge in [0.25, 0.3) is 0 Å². The molecule has 0 atom stereocenters. The number of aromatic nitrogens is 1. The molecule has 1 N–H and O–H groups in total. The lowest BCUT2D eigenvalue weighted by atomic mass is 9.66. The molecule has 24 heavy (non-hydrogen) atoms. The second-order valence-corrected chi connectivity index (χ2v) is 6.71. The van der Waals surface area contributed by atoms with E-state index in [0.717, 1.165) is 48.9 Å². The van der Waals surface area contributed by atoms with Gasteiger partial charge in [0.2, 0.25) is 0 Å². The number of ketones is 1. The number of hydrogen-bond acceptors (Lipinski definition) is 3. The number of pyridine rings is 1. The summed E-state index contributed by atoms with van der Waals surface area (Å²) in [4.78, 5) is 16.4. The molecular weight excluding hydrogens is 310 g/mol. The zero-order valence-electron chi connectivity index (χ0n) is 13.4. The Labute approximate surface area is 139 Å². The van der Waals surface area contributed by atoms with Crippen molar-refractivity contribution in [3.63, 3.8) is 0 Å². The smallest absolute Gasteiger partial charge is 0.161 e. The van der Waals surface area contributed by atoms with E-state index >= 15 is 0 Å². The van der Waals surface area contributed by atoms with Gasteiger partial charge in [-0.2, -0.15) is 0 Å². The Bertz CT molecular complexity index is 826.